The minimum absolute atomic E-state index is 0.238. The van der Waals surface area contributed by atoms with Crippen molar-refractivity contribution in [3.05, 3.63) is 29.8 Å². The van der Waals surface area contributed by atoms with Crippen LogP contribution in [0.3, 0.4) is 0 Å². The van der Waals surface area contributed by atoms with Crippen LogP contribution in [0.1, 0.15) is 18.9 Å². The summed E-state index contributed by atoms with van der Waals surface area (Å²) in [5.74, 6) is -0.238. The summed E-state index contributed by atoms with van der Waals surface area (Å²) in [5, 5.41) is 9.02. The highest BCUT2D eigenvalue weighted by Crippen LogP contribution is 2.19. The summed E-state index contributed by atoms with van der Waals surface area (Å²) >= 11 is 0. The number of anilines is 1. The van der Waals surface area contributed by atoms with Gasteiger partial charge < -0.3 is 9.64 Å². The van der Waals surface area contributed by atoms with Crippen LogP contribution in [0.4, 0.5) is 5.69 Å². The van der Waals surface area contributed by atoms with Crippen LogP contribution < -0.4 is 4.90 Å². The molecule has 0 aromatic heterocycles. The maximum Gasteiger partial charge on any atom is 0.307 e. The zero-order valence-corrected chi connectivity index (χ0v) is 10.1. The minimum Gasteiger partial charge on any atom is -0.469 e. The fourth-order valence-corrected chi connectivity index (χ4v) is 1.62. The van der Waals surface area contributed by atoms with Gasteiger partial charge in [0.15, 0.2) is 0 Å². The van der Waals surface area contributed by atoms with E-state index in [9.17, 15) is 4.79 Å². The van der Waals surface area contributed by atoms with E-state index in [0.29, 0.717) is 18.5 Å². The Morgan fingerprint density at radius 2 is 2.18 bits per heavy atom. The standard InChI is InChI=1S/C13H16N2O2/c1-3-15(9-8-13(16)17-2)12-7-5-4-6-11(12)10-14/h4-7H,3,8-9H2,1-2H3. The lowest BCUT2D eigenvalue weighted by Gasteiger charge is -2.23. The molecule has 17 heavy (non-hydrogen) atoms. The Morgan fingerprint density at radius 1 is 1.47 bits per heavy atom. The molecular weight excluding hydrogens is 216 g/mol. The van der Waals surface area contributed by atoms with Crippen LogP contribution in [-0.2, 0) is 9.53 Å². The van der Waals surface area contributed by atoms with E-state index in [1.807, 2.05) is 30.0 Å². The fraction of sp³-hybridized carbons (Fsp3) is 0.385. The number of hydrogen-bond acceptors (Lipinski definition) is 4. The summed E-state index contributed by atoms with van der Waals surface area (Å²) in [7, 11) is 1.38. The molecular formula is C13H16N2O2. The van der Waals surface area contributed by atoms with E-state index in [0.717, 1.165) is 12.2 Å². The molecule has 0 aliphatic carbocycles. The number of esters is 1. The number of ether oxygens (including phenoxy) is 1. The first kappa shape index (κ1) is 13.0. The van der Waals surface area contributed by atoms with Gasteiger partial charge >= 0.3 is 5.97 Å². The van der Waals surface area contributed by atoms with Crippen molar-refractivity contribution in [2.24, 2.45) is 0 Å². The maximum atomic E-state index is 11.1. The Kier molecular flexibility index (Phi) is 5.02. The van der Waals surface area contributed by atoms with Gasteiger partial charge in [0, 0.05) is 13.1 Å². The van der Waals surface area contributed by atoms with Crippen LogP contribution in [0.15, 0.2) is 24.3 Å². The van der Waals surface area contributed by atoms with Crippen molar-refractivity contribution >= 4 is 11.7 Å². The SMILES string of the molecule is CCN(CCC(=O)OC)c1ccccc1C#N. The van der Waals surface area contributed by atoms with Crippen molar-refractivity contribution in [3.63, 3.8) is 0 Å². The van der Waals surface area contributed by atoms with Gasteiger partial charge in [0.2, 0.25) is 0 Å². The minimum atomic E-state index is -0.238. The Hall–Kier alpha value is -2.02. The van der Waals surface area contributed by atoms with E-state index >= 15 is 0 Å². The Labute approximate surface area is 101 Å². The Bertz CT molecular complexity index is 424. The molecule has 90 valence electrons. The molecule has 0 heterocycles. The van der Waals surface area contributed by atoms with Crippen molar-refractivity contribution in [3.8, 4) is 6.07 Å². The second-order valence-electron chi connectivity index (χ2n) is 3.53. The van der Waals surface area contributed by atoms with Gasteiger partial charge in [-0.05, 0) is 19.1 Å². The van der Waals surface area contributed by atoms with E-state index in [-0.39, 0.29) is 5.97 Å². The van der Waals surface area contributed by atoms with Crippen LogP contribution in [0.5, 0.6) is 0 Å². The third kappa shape index (κ3) is 3.49. The molecule has 0 atom stereocenters. The lowest BCUT2D eigenvalue weighted by molar-refractivity contribution is -0.140. The van der Waals surface area contributed by atoms with Crippen molar-refractivity contribution in [2.45, 2.75) is 13.3 Å². The van der Waals surface area contributed by atoms with Crippen molar-refractivity contribution in [2.75, 3.05) is 25.1 Å². The summed E-state index contributed by atoms with van der Waals surface area (Å²) < 4.78 is 4.61. The van der Waals surface area contributed by atoms with Gasteiger partial charge in [-0.15, -0.1) is 0 Å². The number of nitrogens with zero attached hydrogens (tertiary/aromatic N) is 2. The largest absolute Gasteiger partial charge is 0.469 e. The normalized spacial score (nSPS) is 9.47. The molecule has 4 nitrogen and oxygen atoms in total. The molecule has 0 aliphatic rings. The average molecular weight is 232 g/mol. The Morgan fingerprint density at radius 3 is 2.76 bits per heavy atom. The Balaban J connectivity index is 2.80. The molecule has 1 rings (SSSR count). The lowest BCUT2D eigenvalue weighted by Crippen LogP contribution is -2.26. The highest BCUT2D eigenvalue weighted by Gasteiger charge is 2.10. The quantitative estimate of drug-likeness (QED) is 0.728. The third-order valence-electron chi connectivity index (χ3n) is 2.56. The van der Waals surface area contributed by atoms with Crippen LogP contribution in [0, 0.1) is 11.3 Å². The lowest BCUT2D eigenvalue weighted by atomic mass is 10.1. The second-order valence-corrected chi connectivity index (χ2v) is 3.53. The second kappa shape index (κ2) is 6.54. The highest BCUT2D eigenvalue weighted by atomic mass is 16.5. The van der Waals surface area contributed by atoms with Gasteiger partial charge in [0.25, 0.3) is 0 Å². The predicted molar refractivity (Wildman–Crippen MR) is 65.7 cm³/mol. The number of methoxy groups -OCH3 is 1. The summed E-state index contributed by atoms with van der Waals surface area (Å²) in [6.07, 6.45) is 0.324. The van der Waals surface area contributed by atoms with E-state index in [1.54, 1.807) is 6.07 Å². The van der Waals surface area contributed by atoms with E-state index in [1.165, 1.54) is 7.11 Å². The highest BCUT2D eigenvalue weighted by molar-refractivity contribution is 5.70. The maximum absolute atomic E-state index is 11.1. The van der Waals surface area contributed by atoms with Gasteiger partial charge in [-0.2, -0.15) is 5.26 Å². The summed E-state index contributed by atoms with van der Waals surface area (Å²) in [6, 6.07) is 9.53. The molecule has 0 spiro atoms. The van der Waals surface area contributed by atoms with Gasteiger partial charge in [0.05, 0.1) is 24.8 Å². The molecule has 0 aliphatic heterocycles. The van der Waals surface area contributed by atoms with Gasteiger partial charge in [-0.1, -0.05) is 12.1 Å². The summed E-state index contributed by atoms with van der Waals surface area (Å²) in [5.41, 5.74) is 1.49. The molecule has 0 unspecified atom stereocenters. The van der Waals surface area contributed by atoms with Crippen LogP contribution in [-0.4, -0.2) is 26.2 Å². The third-order valence-corrected chi connectivity index (χ3v) is 2.56. The zero-order valence-electron chi connectivity index (χ0n) is 10.1. The number of benzene rings is 1. The first-order chi connectivity index (χ1) is 8.22. The molecule has 0 fully saturated rings. The van der Waals surface area contributed by atoms with Gasteiger partial charge in [0.1, 0.15) is 6.07 Å². The average Bonchev–Trinajstić information content (AvgIpc) is 2.39. The monoisotopic (exact) mass is 232 g/mol. The van der Waals surface area contributed by atoms with E-state index in [2.05, 4.69) is 10.8 Å². The molecule has 4 heteroatoms. The van der Waals surface area contributed by atoms with Crippen LogP contribution >= 0.6 is 0 Å². The molecule has 0 bridgehead atoms. The van der Waals surface area contributed by atoms with E-state index in [4.69, 9.17) is 5.26 Å². The zero-order chi connectivity index (χ0) is 12.7. The van der Waals surface area contributed by atoms with Gasteiger partial charge in [-0.25, -0.2) is 0 Å². The van der Waals surface area contributed by atoms with Crippen molar-refractivity contribution < 1.29 is 9.53 Å². The molecule has 0 saturated carbocycles. The molecule has 0 amide bonds. The molecule has 1 aromatic rings. The number of rotatable bonds is 5. The number of carbonyl (C=O) groups excluding carboxylic acids is 1. The smallest absolute Gasteiger partial charge is 0.307 e. The summed E-state index contributed by atoms with van der Waals surface area (Å²) in [4.78, 5) is 13.1. The van der Waals surface area contributed by atoms with Crippen molar-refractivity contribution in [1.29, 1.82) is 5.26 Å². The van der Waals surface area contributed by atoms with Gasteiger partial charge in [-0.3, -0.25) is 4.79 Å². The molecule has 0 N–H and O–H groups in total. The first-order valence-electron chi connectivity index (χ1n) is 5.53. The van der Waals surface area contributed by atoms with Crippen LogP contribution in [0.2, 0.25) is 0 Å². The number of hydrogen-bond donors (Lipinski definition) is 0. The van der Waals surface area contributed by atoms with Crippen molar-refractivity contribution in [1.82, 2.24) is 0 Å². The number of para-hydroxylation sites is 1. The fourth-order valence-electron chi connectivity index (χ4n) is 1.62. The summed E-state index contributed by atoms with van der Waals surface area (Å²) in [6.45, 7) is 3.29. The molecule has 0 saturated heterocycles. The molecule has 1 aromatic carbocycles. The number of nitriles is 1. The van der Waals surface area contributed by atoms with Crippen LogP contribution in [0.25, 0.3) is 0 Å². The first-order valence-corrected chi connectivity index (χ1v) is 5.53. The topological polar surface area (TPSA) is 53.3 Å². The predicted octanol–water partition coefficient (Wildman–Crippen LogP) is 1.95. The number of carbonyl (C=O) groups is 1. The van der Waals surface area contributed by atoms with E-state index < -0.39 is 0 Å². The molecule has 0 radical (unpaired) electrons.